The van der Waals surface area contributed by atoms with Crippen molar-refractivity contribution in [3.63, 3.8) is 0 Å². The van der Waals surface area contributed by atoms with Gasteiger partial charge in [0, 0.05) is 26.1 Å². The van der Waals surface area contributed by atoms with Crippen molar-refractivity contribution in [1.29, 1.82) is 0 Å². The first-order valence-corrected chi connectivity index (χ1v) is 23.7. The van der Waals surface area contributed by atoms with E-state index in [2.05, 4.69) is 17.2 Å². The van der Waals surface area contributed by atoms with Gasteiger partial charge in [0.1, 0.15) is 44.6 Å². The fourth-order valence-electron chi connectivity index (χ4n) is 9.05. The fraction of sp³-hybridized carbons (Fsp3) is 0.377. The summed E-state index contributed by atoms with van der Waals surface area (Å²) in [4.78, 5) is 101. The van der Waals surface area contributed by atoms with Crippen LogP contribution in [0.3, 0.4) is 0 Å². The summed E-state index contributed by atoms with van der Waals surface area (Å²) in [7, 11) is 1.33. The summed E-state index contributed by atoms with van der Waals surface area (Å²) >= 11 is 0. The second-order valence-corrected chi connectivity index (χ2v) is 17.6. The average Bonchev–Trinajstić information content (AvgIpc) is 3.72. The van der Waals surface area contributed by atoms with Gasteiger partial charge in [0.2, 0.25) is 5.91 Å². The van der Waals surface area contributed by atoms with Gasteiger partial charge in [0.15, 0.2) is 6.04 Å². The van der Waals surface area contributed by atoms with Crippen molar-refractivity contribution in [1.82, 2.24) is 30.7 Å². The highest BCUT2D eigenvalue weighted by molar-refractivity contribution is 5.96. The molecule has 18 heteroatoms. The molecule has 18 nitrogen and oxygen atoms in total. The van der Waals surface area contributed by atoms with Gasteiger partial charge in [-0.25, -0.2) is 39.2 Å². The minimum Gasteiger partial charge on any atom is -0.460 e. The zero-order chi connectivity index (χ0) is 50.4. The van der Waals surface area contributed by atoms with E-state index >= 15 is 9.59 Å². The van der Waals surface area contributed by atoms with Crippen LogP contribution in [-0.2, 0) is 56.1 Å². The summed E-state index contributed by atoms with van der Waals surface area (Å²) in [6.45, 7) is 5.97. The number of nitrogens with zero attached hydrogens (tertiary/aromatic N) is 4. The summed E-state index contributed by atoms with van der Waals surface area (Å²) in [5, 5.41) is 9.27. The van der Waals surface area contributed by atoms with Crippen molar-refractivity contribution < 1.29 is 57.2 Å². The van der Waals surface area contributed by atoms with Crippen LogP contribution in [0.5, 0.6) is 0 Å². The number of fused-ring (bicyclic) bond motifs is 3. The number of benzene rings is 4. The molecule has 0 unspecified atom stereocenters. The van der Waals surface area contributed by atoms with Gasteiger partial charge in [-0.15, -0.1) is 0 Å². The molecule has 2 saturated heterocycles. The van der Waals surface area contributed by atoms with Gasteiger partial charge in [-0.1, -0.05) is 136 Å². The number of carbonyl (C=O) groups is 7. The van der Waals surface area contributed by atoms with Crippen molar-refractivity contribution in [2.45, 2.75) is 82.8 Å². The Bertz CT molecular complexity index is 2500. The fourth-order valence-corrected chi connectivity index (χ4v) is 9.05. The van der Waals surface area contributed by atoms with E-state index in [1.165, 1.54) is 13.2 Å². The minimum absolute atomic E-state index is 0.0168. The van der Waals surface area contributed by atoms with E-state index < -0.39 is 72.1 Å². The lowest BCUT2D eigenvalue weighted by Gasteiger charge is -2.48. The number of methoxy groups -OCH3 is 1. The third-order valence-electron chi connectivity index (χ3n) is 12.5. The molecule has 7 rings (SSSR count). The van der Waals surface area contributed by atoms with Crippen LogP contribution in [0, 0.1) is 5.92 Å². The highest BCUT2D eigenvalue weighted by atomic mass is 16.6. The smallest absolute Gasteiger partial charge is 0.429 e. The van der Waals surface area contributed by atoms with E-state index in [0.29, 0.717) is 11.1 Å². The van der Waals surface area contributed by atoms with E-state index in [0.717, 1.165) is 42.3 Å². The highest BCUT2D eigenvalue weighted by Gasteiger charge is 2.50. The Balaban J connectivity index is 1.20. The molecule has 3 aliphatic rings. The Morgan fingerprint density at radius 3 is 1.72 bits per heavy atom. The molecule has 374 valence electrons. The van der Waals surface area contributed by atoms with Crippen LogP contribution in [0.4, 0.5) is 14.4 Å². The molecule has 2 N–H and O–H groups in total. The molecule has 4 atom stereocenters. The zero-order valence-corrected chi connectivity index (χ0v) is 40.1. The molecule has 0 radical (unpaired) electrons. The molecule has 0 bridgehead atoms. The van der Waals surface area contributed by atoms with E-state index in [4.69, 9.17) is 23.7 Å². The van der Waals surface area contributed by atoms with Crippen LogP contribution >= 0.6 is 0 Å². The molecule has 2 heterocycles. The van der Waals surface area contributed by atoms with Crippen molar-refractivity contribution in [3.05, 3.63) is 144 Å². The first-order chi connectivity index (χ1) is 34.4. The van der Waals surface area contributed by atoms with Crippen molar-refractivity contribution >= 4 is 42.0 Å². The molecular weight excluding hydrogens is 913 g/mol. The number of ether oxygens (including phenoxy) is 5. The quantitative estimate of drug-likeness (QED) is 0.0662. The number of rotatable bonds is 17. The molecule has 1 aliphatic carbocycles. The predicted octanol–water partition coefficient (Wildman–Crippen LogP) is 6.50. The van der Waals surface area contributed by atoms with Gasteiger partial charge < -0.3 is 34.3 Å². The third kappa shape index (κ3) is 12.2. The van der Waals surface area contributed by atoms with E-state index in [1.54, 1.807) is 68.4 Å². The molecule has 0 saturated carbocycles. The molecule has 71 heavy (non-hydrogen) atoms. The third-order valence-corrected chi connectivity index (χ3v) is 12.5. The Kier molecular flexibility index (Phi) is 17.4. The van der Waals surface area contributed by atoms with Crippen LogP contribution < -0.4 is 10.6 Å². The Hall–Kier alpha value is -7.73. The summed E-state index contributed by atoms with van der Waals surface area (Å²) in [5.41, 5.74) is 5.35. The first kappa shape index (κ1) is 51.1. The van der Waals surface area contributed by atoms with Gasteiger partial charge >= 0.3 is 24.2 Å². The summed E-state index contributed by atoms with van der Waals surface area (Å²) in [6.07, 6.45) is -1.10. The molecule has 2 fully saturated rings. The monoisotopic (exact) mass is 972 g/mol. The molecule has 4 aromatic carbocycles. The van der Waals surface area contributed by atoms with Crippen molar-refractivity contribution in [3.8, 4) is 11.1 Å². The largest absolute Gasteiger partial charge is 0.460 e. The highest BCUT2D eigenvalue weighted by Crippen LogP contribution is 2.44. The standard InChI is InChI=1S/C53H60N6O12/c1-5-30-68-50(63)43(34-67-4)54-47(60)44-26-16-28-56(52(65)70-31-36-18-8-6-9-19-36)58(44)48(61)45-27-17-29-57(53(66)71-32-37-20-10-7-11-21-37)59(45)49(62)46(35(2)3)55-51(64)69-33-42-40-24-14-12-22-38(40)39-23-13-15-25-41(39)42/h5-15,18-25,35,42-46H,1,16-17,26-34H2,2-4H3,(H,54,60)(H,55,64)/t43-,44-,45-,46+/m0/s1. The number of amides is 6. The van der Waals surface area contributed by atoms with Crippen LogP contribution in [0.1, 0.15) is 67.7 Å². The maximum Gasteiger partial charge on any atom is 0.429 e. The Morgan fingerprint density at radius 2 is 1.18 bits per heavy atom. The van der Waals surface area contributed by atoms with Crippen LogP contribution in [-0.4, -0.2) is 126 Å². The number of nitrogens with one attached hydrogen (secondary N) is 2. The Morgan fingerprint density at radius 1 is 0.662 bits per heavy atom. The molecule has 0 aromatic heterocycles. The lowest BCUT2D eigenvalue weighted by atomic mass is 9.98. The number of esters is 1. The Labute approximate surface area is 412 Å². The first-order valence-electron chi connectivity index (χ1n) is 23.7. The number of hydrogen-bond donors (Lipinski definition) is 2. The van der Waals surface area contributed by atoms with Gasteiger partial charge in [0.25, 0.3) is 11.8 Å². The predicted molar refractivity (Wildman–Crippen MR) is 258 cm³/mol. The molecule has 4 aromatic rings. The lowest BCUT2D eigenvalue weighted by molar-refractivity contribution is -0.184. The van der Waals surface area contributed by atoms with Gasteiger partial charge in [-0.3, -0.25) is 14.4 Å². The van der Waals surface area contributed by atoms with E-state index in [1.807, 2.05) is 54.6 Å². The topological polar surface area (TPSA) is 203 Å². The van der Waals surface area contributed by atoms with E-state index in [9.17, 15) is 24.0 Å². The van der Waals surface area contributed by atoms with Crippen molar-refractivity contribution in [2.24, 2.45) is 5.92 Å². The van der Waals surface area contributed by atoms with Crippen LogP contribution in [0.2, 0.25) is 0 Å². The van der Waals surface area contributed by atoms with Gasteiger partial charge in [0.05, 0.1) is 6.61 Å². The maximum absolute atomic E-state index is 15.6. The van der Waals surface area contributed by atoms with Gasteiger partial charge in [-0.2, -0.15) is 0 Å². The SMILES string of the molecule is C=CCOC(=O)[C@H](COC)NC(=O)[C@@H]1CCCN(C(=O)OCc2ccccc2)N1C(=O)[C@@H]1CCCN(C(=O)OCc2ccccc2)N1C(=O)[C@H](NC(=O)OCC1c2ccccc2-c2ccccc21)C(C)C. The second-order valence-electron chi connectivity index (χ2n) is 17.6. The second kappa shape index (κ2) is 24.2. The normalized spacial score (nSPS) is 17.2. The summed E-state index contributed by atoms with van der Waals surface area (Å²) < 4.78 is 27.8. The maximum atomic E-state index is 15.6. The molecular formula is C53H60N6O12. The lowest BCUT2D eigenvalue weighted by Crippen LogP contribution is -2.70. The van der Waals surface area contributed by atoms with Crippen LogP contribution in [0.15, 0.2) is 122 Å². The number of hydrogen-bond acceptors (Lipinski definition) is 12. The number of hydrazine groups is 2. The van der Waals surface area contributed by atoms with Crippen LogP contribution in [0.25, 0.3) is 11.1 Å². The summed E-state index contributed by atoms with van der Waals surface area (Å²) in [6, 6.07) is 27.8. The minimum atomic E-state index is -1.55. The molecule has 6 amide bonds. The number of alkyl carbamates (subject to hydrolysis) is 1. The number of carbonyl (C=O) groups excluding carboxylic acids is 7. The molecule has 0 spiro atoms. The van der Waals surface area contributed by atoms with E-state index in [-0.39, 0.29) is 77.7 Å². The molecule has 2 aliphatic heterocycles. The summed E-state index contributed by atoms with van der Waals surface area (Å²) in [5.74, 6) is -4.34. The van der Waals surface area contributed by atoms with Crippen molar-refractivity contribution in [2.75, 3.05) is 40.0 Å². The average molecular weight is 973 g/mol. The zero-order valence-electron chi connectivity index (χ0n) is 40.1. The van der Waals surface area contributed by atoms with Gasteiger partial charge in [-0.05, 0) is 65.0 Å².